The summed E-state index contributed by atoms with van der Waals surface area (Å²) in [6, 6.07) is 14.5. The van der Waals surface area contributed by atoms with Crippen molar-refractivity contribution in [2.45, 2.75) is 51.9 Å². The Balaban J connectivity index is 1.94. The number of carbonyl (C=O) groups excluding carboxylic acids is 1. The van der Waals surface area contributed by atoms with E-state index in [0.29, 0.717) is 6.42 Å². The van der Waals surface area contributed by atoms with Gasteiger partial charge in [-0.15, -0.1) is 0 Å². The number of H-pyrrole nitrogens is 1. The predicted molar refractivity (Wildman–Crippen MR) is 120 cm³/mol. The van der Waals surface area contributed by atoms with E-state index >= 15 is 0 Å². The van der Waals surface area contributed by atoms with Crippen LogP contribution in [0.1, 0.15) is 62.1 Å². The highest BCUT2D eigenvalue weighted by Crippen LogP contribution is 2.35. The van der Waals surface area contributed by atoms with Crippen LogP contribution >= 0.6 is 0 Å². The Labute approximate surface area is 173 Å². The molecule has 29 heavy (non-hydrogen) atoms. The monoisotopic (exact) mass is 392 g/mol. The van der Waals surface area contributed by atoms with Crippen LogP contribution in [0.25, 0.3) is 10.9 Å². The van der Waals surface area contributed by atoms with E-state index in [-0.39, 0.29) is 11.8 Å². The third-order valence-electron chi connectivity index (χ3n) is 5.58. The maximum Gasteiger partial charge on any atom is 0.220 e. The number of unbranched alkanes of at least 4 members (excludes halogenated alkanes) is 2. The van der Waals surface area contributed by atoms with Crippen LogP contribution in [0.3, 0.4) is 0 Å². The number of fused-ring (bicyclic) bond motifs is 1. The molecule has 3 rings (SSSR count). The van der Waals surface area contributed by atoms with E-state index in [1.54, 1.807) is 7.11 Å². The van der Waals surface area contributed by atoms with E-state index in [2.05, 4.69) is 54.6 Å². The summed E-state index contributed by atoms with van der Waals surface area (Å²) in [5, 5.41) is 4.29. The van der Waals surface area contributed by atoms with Gasteiger partial charge in [-0.1, -0.05) is 57.0 Å². The molecule has 0 unspecified atom stereocenters. The Bertz CT molecular complexity index is 945. The van der Waals surface area contributed by atoms with Crippen molar-refractivity contribution in [3.8, 4) is 5.75 Å². The van der Waals surface area contributed by atoms with E-state index < -0.39 is 0 Å². The van der Waals surface area contributed by atoms with Crippen LogP contribution in [0.15, 0.2) is 48.7 Å². The Morgan fingerprint density at radius 1 is 1.14 bits per heavy atom. The molecule has 0 spiro atoms. The maximum absolute atomic E-state index is 12.7. The predicted octanol–water partition coefficient (Wildman–Crippen LogP) is 5.57. The summed E-state index contributed by atoms with van der Waals surface area (Å²) in [6.07, 6.45) is 6.78. The SMILES string of the molecule is CCCCCNC(=O)C[C@@H](c1cccc(OC)c1)c1c[nH]c2c(CC)cccc12. The number of nitrogens with one attached hydrogen (secondary N) is 2. The van der Waals surface area contributed by atoms with Crippen LogP contribution in [0.4, 0.5) is 0 Å². The van der Waals surface area contributed by atoms with E-state index in [4.69, 9.17) is 4.74 Å². The van der Waals surface area contributed by atoms with Crippen molar-refractivity contribution in [3.63, 3.8) is 0 Å². The second kappa shape index (κ2) is 10.1. The number of hydrogen-bond donors (Lipinski definition) is 2. The van der Waals surface area contributed by atoms with Crippen LogP contribution < -0.4 is 10.1 Å². The van der Waals surface area contributed by atoms with Gasteiger partial charge in [0.25, 0.3) is 0 Å². The van der Waals surface area contributed by atoms with Gasteiger partial charge in [0.05, 0.1) is 7.11 Å². The first-order valence-electron chi connectivity index (χ1n) is 10.7. The molecule has 4 nitrogen and oxygen atoms in total. The molecule has 3 aromatic rings. The number of para-hydroxylation sites is 1. The lowest BCUT2D eigenvalue weighted by atomic mass is 9.87. The molecule has 0 aliphatic rings. The number of methoxy groups -OCH3 is 1. The molecule has 154 valence electrons. The van der Waals surface area contributed by atoms with Gasteiger partial charge in [0.2, 0.25) is 5.91 Å². The second-order valence-corrected chi connectivity index (χ2v) is 7.53. The molecular weight excluding hydrogens is 360 g/mol. The van der Waals surface area contributed by atoms with Crippen LogP contribution in [0.2, 0.25) is 0 Å². The molecule has 0 aliphatic carbocycles. The lowest BCUT2D eigenvalue weighted by molar-refractivity contribution is -0.121. The lowest BCUT2D eigenvalue weighted by Crippen LogP contribution is -2.26. The molecule has 1 atom stereocenters. The molecule has 1 amide bonds. The summed E-state index contributed by atoms with van der Waals surface area (Å²) in [7, 11) is 1.67. The lowest BCUT2D eigenvalue weighted by Gasteiger charge is -2.18. The van der Waals surface area contributed by atoms with Crippen molar-refractivity contribution in [1.82, 2.24) is 10.3 Å². The number of aromatic amines is 1. The Morgan fingerprint density at radius 3 is 2.72 bits per heavy atom. The first kappa shape index (κ1) is 21.0. The van der Waals surface area contributed by atoms with Crippen molar-refractivity contribution in [2.75, 3.05) is 13.7 Å². The molecule has 0 fully saturated rings. The van der Waals surface area contributed by atoms with Crippen LogP contribution in [0.5, 0.6) is 5.75 Å². The number of carbonyl (C=O) groups is 1. The minimum absolute atomic E-state index is 0.0304. The molecule has 0 bridgehead atoms. The number of benzene rings is 2. The van der Waals surface area contributed by atoms with Gasteiger partial charge in [-0.3, -0.25) is 4.79 Å². The summed E-state index contributed by atoms with van der Waals surface area (Å²) in [4.78, 5) is 16.2. The first-order chi connectivity index (χ1) is 14.2. The Kier molecular flexibility index (Phi) is 7.34. The minimum atomic E-state index is -0.0304. The van der Waals surface area contributed by atoms with E-state index in [1.165, 1.54) is 16.5 Å². The van der Waals surface area contributed by atoms with E-state index in [1.807, 2.05) is 18.2 Å². The standard InChI is InChI=1S/C25H32N2O2/c1-4-6-7-14-26-24(28)16-22(19-11-8-12-20(15-19)29-3)23-17-27-25-18(5-2)10-9-13-21(23)25/h8-13,15,17,22,27H,4-7,14,16H2,1-3H3,(H,26,28)/t22-/m0/s1. The number of aromatic nitrogens is 1. The average Bonchev–Trinajstić information content (AvgIpc) is 3.19. The molecule has 2 aromatic carbocycles. The zero-order valence-electron chi connectivity index (χ0n) is 17.8. The van der Waals surface area contributed by atoms with Crippen LogP contribution in [-0.2, 0) is 11.2 Å². The smallest absolute Gasteiger partial charge is 0.220 e. The summed E-state index contributed by atoms with van der Waals surface area (Å²) in [6.45, 7) is 5.08. The van der Waals surface area contributed by atoms with Gasteiger partial charge in [0, 0.05) is 36.0 Å². The van der Waals surface area contributed by atoms with Gasteiger partial charge >= 0.3 is 0 Å². The van der Waals surface area contributed by atoms with E-state index in [0.717, 1.165) is 49.1 Å². The Hall–Kier alpha value is -2.75. The highest BCUT2D eigenvalue weighted by atomic mass is 16.5. The second-order valence-electron chi connectivity index (χ2n) is 7.53. The number of amides is 1. The molecule has 1 heterocycles. The fourth-order valence-electron chi connectivity index (χ4n) is 3.95. The average molecular weight is 393 g/mol. The van der Waals surface area contributed by atoms with E-state index in [9.17, 15) is 4.79 Å². The van der Waals surface area contributed by atoms with Crippen molar-refractivity contribution >= 4 is 16.8 Å². The van der Waals surface area contributed by atoms with Crippen molar-refractivity contribution in [1.29, 1.82) is 0 Å². The molecule has 0 aliphatic heterocycles. The minimum Gasteiger partial charge on any atom is -0.497 e. The topological polar surface area (TPSA) is 54.1 Å². The van der Waals surface area contributed by atoms with Gasteiger partial charge in [0.15, 0.2) is 0 Å². The van der Waals surface area contributed by atoms with Crippen molar-refractivity contribution < 1.29 is 9.53 Å². The highest BCUT2D eigenvalue weighted by molar-refractivity contribution is 5.88. The molecule has 0 radical (unpaired) electrons. The third-order valence-corrected chi connectivity index (χ3v) is 5.58. The fourth-order valence-corrected chi connectivity index (χ4v) is 3.95. The van der Waals surface area contributed by atoms with Gasteiger partial charge in [-0.05, 0) is 41.7 Å². The largest absolute Gasteiger partial charge is 0.497 e. The number of rotatable bonds is 10. The Morgan fingerprint density at radius 2 is 1.97 bits per heavy atom. The molecular formula is C25H32N2O2. The van der Waals surface area contributed by atoms with Crippen molar-refractivity contribution in [3.05, 3.63) is 65.4 Å². The number of ether oxygens (including phenoxy) is 1. The summed E-state index contributed by atoms with van der Waals surface area (Å²) >= 11 is 0. The van der Waals surface area contributed by atoms with Gasteiger partial charge in [-0.25, -0.2) is 0 Å². The summed E-state index contributed by atoms with van der Waals surface area (Å²) in [5.41, 5.74) is 4.71. The quantitative estimate of drug-likeness (QED) is 0.443. The first-order valence-corrected chi connectivity index (χ1v) is 10.7. The highest BCUT2D eigenvalue weighted by Gasteiger charge is 2.22. The molecule has 0 saturated heterocycles. The molecule has 1 aromatic heterocycles. The molecule has 0 saturated carbocycles. The number of hydrogen-bond acceptors (Lipinski definition) is 2. The van der Waals surface area contributed by atoms with Gasteiger partial charge < -0.3 is 15.0 Å². The van der Waals surface area contributed by atoms with Crippen molar-refractivity contribution in [2.24, 2.45) is 0 Å². The normalized spacial score (nSPS) is 12.1. The van der Waals surface area contributed by atoms with Crippen LogP contribution in [0, 0.1) is 0 Å². The zero-order chi connectivity index (χ0) is 20.6. The fraction of sp³-hybridized carbons (Fsp3) is 0.400. The van der Waals surface area contributed by atoms with Gasteiger partial charge in [-0.2, -0.15) is 0 Å². The van der Waals surface area contributed by atoms with Gasteiger partial charge in [0.1, 0.15) is 5.75 Å². The zero-order valence-corrected chi connectivity index (χ0v) is 17.8. The third kappa shape index (κ3) is 5.00. The maximum atomic E-state index is 12.7. The summed E-state index contributed by atoms with van der Waals surface area (Å²) < 4.78 is 5.43. The number of aryl methyl sites for hydroxylation is 1. The van der Waals surface area contributed by atoms with Crippen LogP contribution in [-0.4, -0.2) is 24.5 Å². The molecule has 2 N–H and O–H groups in total. The molecule has 4 heteroatoms. The summed E-state index contributed by atoms with van der Waals surface area (Å²) in [5.74, 6) is 0.872.